The van der Waals surface area contributed by atoms with E-state index in [1.807, 2.05) is 29.2 Å². The van der Waals surface area contributed by atoms with Gasteiger partial charge in [-0.3, -0.25) is 4.79 Å². The minimum Gasteiger partial charge on any atom is -0.337 e. The lowest BCUT2D eigenvalue weighted by atomic mass is 10.1. The van der Waals surface area contributed by atoms with E-state index in [1.165, 1.54) is 6.33 Å². The van der Waals surface area contributed by atoms with Gasteiger partial charge < -0.3 is 9.80 Å². The Labute approximate surface area is 135 Å². The summed E-state index contributed by atoms with van der Waals surface area (Å²) in [7, 11) is 0. The molecule has 0 saturated carbocycles. The van der Waals surface area contributed by atoms with E-state index in [0.29, 0.717) is 5.56 Å². The third kappa shape index (κ3) is 3.73. The number of amides is 1. The first kappa shape index (κ1) is 15.6. The van der Waals surface area contributed by atoms with Crippen molar-refractivity contribution in [1.29, 1.82) is 0 Å². The minimum atomic E-state index is 0.0817. The van der Waals surface area contributed by atoms with Gasteiger partial charge in [-0.25, -0.2) is 4.68 Å². The Bertz CT molecular complexity index is 642. The number of aromatic nitrogens is 4. The van der Waals surface area contributed by atoms with E-state index in [1.54, 1.807) is 4.68 Å². The summed E-state index contributed by atoms with van der Waals surface area (Å²) in [6.45, 7) is 6.92. The smallest absolute Gasteiger partial charge is 0.253 e. The van der Waals surface area contributed by atoms with Crippen LogP contribution in [-0.4, -0.2) is 68.6 Å². The van der Waals surface area contributed by atoms with Gasteiger partial charge in [-0.15, -0.1) is 5.10 Å². The molecule has 23 heavy (non-hydrogen) atoms. The average Bonchev–Trinajstić information content (AvgIpc) is 3.02. The fourth-order valence-corrected chi connectivity index (χ4v) is 2.96. The van der Waals surface area contributed by atoms with Crippen molar-refractivity contribution in [3.63, 3.8) is 0 Å². The van der Waals surface area contributed by atoms with E-state index in [9.17, 15) is 4.79 Å². The SMILES string of the molecule is CCCN1CCCN(C(=O)c2cccc(-n3cnnn3)c2)CC1. The van der Waals surface area contributed by atoms with E-state index in [2.05, 4.69) is 27.3 Å². The Kier molecular flexibility index (Phi) is 4.97. The van der Waals surface area contributed by atoms with Gasteiger partial charge in [0.1, 0.15) is 6.33 Å². The highest BCUT2D eigenvalue weighted by atomic mass is 16.2. The zero-order valence-corrected chi connectivity index (χ0v) is 13.4. The molecule has 2 aromatic rings. The van der Waals surface area contributed by atoms with Gasteiger partial charge in [0.25, 0.3) is 5.91 Å². The number of benzene rings is 1. The molecule has 0 N–H and O–H groups in total. The predicted molar refractivity (Wildman–Crippen MR) is 86.4 cm³/mol. The van der Waals surface area contributed by atoms with E-state index in [4.69, 9.17) is 0 Å². The molecule has 0 atom stereocenters. The molecular weight excluding hydrogens is 292 g/mol. The monoisotopic (exact) mass is 314 g/mol. The van der Waals surface area contributed by atoms with Crippen LogP contribution >= 0.6 is 0 Å². The molecule has 122 valence electrons. The van der Waals surface area contributed by atoms with Crippen LogP contribution in [0.3, 0.4) is 0 Å². The first-order valence-corrected chi connectivity index (χ1v) is 8.13. The molecule has 0 bridgehead atoms. The second-order valence-corrected chi connectivity index (χ2v) is 5.79. The lowest BCUT2D eigenvalue weighted by molar-refractivity contribution is 0.0761. The second-order valence-electron chi connectivity index (χ2n) is 5.79. The zero-order valence-electron chi connectivity index (χ0n) is 13.4. The van der Waals surface area contributed by atoms with Crippen LogP contribution < -0.4 is 0 Å². The van der Waals surface area contributed by atoms with E-state index >= 15 is 0 Å². The van der Waals surface area contributed by atoms with Crippen molar-refractivity contribution in [2.45, 2.75) is 19.8 Å². The number of carbonyl (C=O) groups excluding carboxylic acids is 1. The van der Waals surface area contributed by atoms with Crippen LogP contribution in [-0.2, 0) is 0 Å². The van der Waals surface area contributed by atoms with Crippen LogP contribution in [0.2, 0.25) is 0 Å². The molecule has 7 nitrogen and oxygen atoms in total. The summed E-state index contributed by atoms with van der Waals surface area (Å²) < 4.78 is 1.56. The van der Waals surface area contributed by atoms with Crippen LogP contribution in [0, 0.1) is 0 Å². The Morgan fingerprint density at radius 1 is 1.22 bits per heavy atom. The van der Waals surface area contributed by atoms with Crippen LogP contribution in [0.4, 0.5) is 0 Å². The molecular formula is C16H22N6O. The number of nitrogens with zero attached hydrogens (tertiary/aromatic N) is 6. The summed E-state index contributed by atoms with van der Waals surface area (Å²) in [5, 5.41) is 11.1. The topological polar surface area (TPSA) is 67.2 Å². The van der Waals surface area contributed by atoms with E-state index in [0.717, 1.165) is 51.3 Å². The molecule has 3 rings (SSSR count). The number of tetrazole rings is 1. The van der Waals surface area contributed by atoms with Crippen molar-refractivity contribution in [3.8, 4) is 5.69 Å². The fraction of sp³-hybridized carbons (Fsp3) is 0.500. The highest BCUT2D eigenvalue weighted by Gasteiger charge is 2.20. The highest BCUT2D eigenvalue weighted by molar-refractivity contribution is 5.94. The molecule has 7 heteroatoms. The molecule has 1 amide bonds. The first-order chi connectivity index (χ1) is 11.3. The van der Waals surface area contributed by atoms with Crippen molar-refractivity contribution in [3.05, 3.63) is 36.2 Å². The Morgan fingerprint density at radius 3 is 2.91 bits per heavy atom. The van der Waals surface area contributed by atoms with E-state index < -0.39 is 0 Å². The van der Waals surface area contributed by atoms with Crippen molar-refractivity contribution >= 4 is 5.91 Å². The summed E-state index contributed by atoms with van der Waals surface area (Å²) in [6.07, 6.45) is 3.71. The zero-order chi connectivity index (χ0) is 16.1. The van der Waals surface area contributed by atoms with Crippen LogP contribution in [0.15, 0.2) is 30.6 Å². The Balaban J connectivity index is 1.72. The molecule has 0 aliphatic carbocycles. The lowest BCUT2D eigenvalue weighted by Gasteiger charge is -2.22. The molecule has 1 saturated heterocycles. The van der Waals surface area contributed by atoms with Crippen LogP contribution in [0.1, 0.15) is 30.1 Å². The summed E-state index contributed by atoms with van der Waals surface area (Å²) >= 11 is 0. The van der Waals surface area contributed by atoms with Gasteiger partial charge in [0, 0.05) is 25.2 Å². The maximum Gasteiger partial charge on any atom is 0.253 e. The van der Waals surface area contributed by atoms with Crippen molar-refractivity contribution in [1.82, 2.24) is 30.0 Å². The van der Waals surface area contributed by atoms with Gasteiger partial charge in [0.2, 0.25) is 0 Å². The normalized spacial score (nSPS) is 16.3. The highest BCUT2D eigenvalue weighted by Crippen LogP contribution is 2.13. The quantitative estimate of drug-likeness (QED) is 0.849. The third-order valence-electron chi connectivity index (χ3n) is 4.12. The van der Waals surface area contributed by atoms with Gasteiger partial charge >= 0.3 is 0 Å². The second kappa shape index (κ2) is 7.32. The molecule has 1 aliphatic heterocycles. The largest absolute Gasteiger partial charge is 0.337 e. The Hall–Kier alpha value is -2.28. The number of hydrogen-bond donors (Lipinski definition) is 0. The molecule has 1 aliphatic rings. The Morgan fingerprint density at radius 2 is 2.13 bits per heavy atom. The molecule has 0 radical (unpaired) electrons. The number of hydrogen-bond acceptors (Lipinski definition) is 5. The van der Waals surface area contributed by atoms with E-state index in [-0.39, 0.29) is 5.91 Å². The maximum atomic E-state index is 12.8. The molecule has 0 unspecified atom stereocenters. The summed E-state index contributed by atoms with van der Waals surface area (Å²) in [6, 6.07) is 7.45. The van der Waals surface area contributed by atoms with Gasteiger partial charge in [-0.1, -0.05) is 13.0 Å². The number of carbonyl (C=O) groups is 1. The molecule has 1 aromatic carbocycles. The van der Waals surface area contributed by atoms with Gasteiger partial charge in [-0.05, 0) is 54.6 Å². The lowest BCUT2D eigenvalue weighted by Crippen LogP contribution is -2.35. The van der Waals surface area contributed by atoms with Crippen LogP contribution in [0.25, 0.3) is 5.69 Å². The summed E-state index contributed by atoms with van der Waals surface area (Å²) in [5.41, 5.74) is 1.48. The van der Waals surface area contributed by atoms with Gasteiger partial charge in [0.15, 0.2) is 0 Å². The van der Waals surface area contributed by atoms with Crippen molar-refractivity contribution in [2.24, 2.45) is 0 Å². The molecule has 1 fully saturated rings. The molecule has 2 heterocycles. The number of rotatable bonds is 4. The first-order valence-electron chi connectivity index (χ1n) is 8.13. The summed E-state index contributed by atoms with van der Waals surface area (Å²) in [4.78, 5) is 17.2. The minimum absolute atomic E-state index is 0.0817. The van der Waals surface area contributed by atoms with Gasteiger partial charge in [-0.2, -0.15) is 0 Å². The maximum absolute atomic E-state index is 12.8. The standard InChI is InChI=1S/C16H22N6O/c1-2-7-20-8-4-9-21(11-10-20)16(23)14-5-3-6-15(12-14)22-13-17-18-19-22/h3,5-6,12-13H,2,4,7-11H2,1H3. The third-order valence-corrected chi connectivity index (χ3v) is 4.12. The average molecular weight is 314 g/mol. The molecule has 1 aromatic heterocycles. The fourth-order valence-electron chi connectivity index (χ4n) is 2.96. The van der Waals surface area contributed by atoms with Crippen molar-refractivity contribution < 1.29 is 4.79 Å². The van der Waals surface area contributed by atoms with Crippen LogP contribution in [0.5, 0.6) is 0 Å². The van der Waals surface area contributed by atoms with Gasteiger partial charge in [0.05, 0.1) is 5.69 Å². The summed E-state index contributed by atoms with van der Waals surface area (Å²) in [5.74, 6) is 0.0817. The van der Waals surface area contributed by atoms with Crippen molar-refractivity contribution in [2.75, 3.05) is 32.7 Å². The predicted octanol–water partition coefficient (Wildman–Crippen LogP) is 1.22. The molecule has 0 spiro atoms.